The fraction of sp³-hybridized carbons (Fsp3) is 0. The third-order valence-corrected chi connectivity index (χ3v) is 0.376. The second-order valence-corrected chi connectivity index (χ2v) is 1.66. The van der Waals surface area contributed by atoms with E-state index < -0.39 is 0 Å². The Morgan fingerprint density at radius 3 is 1.50 bits per heavy atom. The monoisotopic (exact) mass is 146 g/mol. The first kappa shape index (κ1) is 11.3. The van der Waals surface area contributed by atoms with Gasteiger partial charge in [0.15, 0.2) is 10.4 Å². The molecule has 0 saturated carbocycles. The topological polar surface area (TPSA) is 9.23 Å². The molecule has 0 atom stereocenters. The van der Waals surface area contributed by atoms with Gasteiger partial charge in [-0.2, -0.15) is 0 Å². The Bertz CT molecular complexity index is 94.7. The molecule has 0 fully saturated rings. The van der Waals surface area contributed by atoms with E-state index in [0.717, 1.165) is 0 Å². The number of halogens is 2. The third-order valence-electron chi connectivity index (χ3n) is 0.221. The van der Waals surface area contributed by atoms with E-state index >= 15 is 0 Å². The fourth-order valence-corrected chi connectivity index (χ4v) is 0.346. The number of rotatable bonds is 2. The Morgan fingerprint density at radius 1 is 1.25 bits per heavy atom. The maximum absolute atomic E-state index is 5.11. The molecular weight excluding hydrogens is 142 g/mol. The van der Waals surface area contributed by atoms with E-state index in [1.165, 1.54) is 0 Å². The summed E-state index contributed by atoms with van der Waals surface area (Å²) >= 11 is 10.2. The predicted octanol–water partition coefficient (Wildman–Crippen LogP) is -0.461. The van der Waals surface area contributed by atoms with Crippen LogP contribution in [0.15, 0.2) is 23.6 Å². The van der Waals surface area contributed by atoms with Crippen molar-refractivity contribution in [2.24, 2.45) is 0 Å². The largest absolute Gasteiger partial charge is 1.00 e. The summed E-state index contributed by atoms with van der Waals surface area (Å²) in [6.07, 6.45) is 0. The summed E-state index contributed by atoms with van der Waals surface area (Å²) in [4.78, 5) is 0. The molecule has 0 saturated heterocycles. The molecule has 0 N–H and O–H groups in total. The number of hydrogen-bond donors (Lipinski definition) is 0. The van der Waals surface area contributed by atoms with Gasteiger partial charge >= 0.3 is 18.9 Å². The molecule has 0 aromatic heterocycles. The number of ether oxygens (including phenoxy) is 1. The Labute approximate surface area is 72.0 Å². The summed E-state index contributed by atoms with van der Waals surface area (Å²) in [6.45, 7) is 6.39. The average molecular weight is 147 g/mol. The maximum atomic E-state index is 5.11. The normalized spacial score (nSPS) is 6.75. The third kappa shape index (κ3) is 9.68. The summed E-state index contributed by atoms with van der Waals surface area (Å²) in [5.74, 6) is 0. The van der Waals surface area contributed by atoms with Gasteiger partial charge in [-0.3, -0.25) is 0 Å². The van der Waals surface area contributed by atoms with Crippen LogP contribution in [0.25, 0.3) is 0 Å². The summed E-state index contributed by atoms with van der Waals surface area (Å²) in [6, 6.07) is 0. The summed E-state index contributed by atoms with van der Waals surface area (Å²) in [5, 5.41) is 0.0556. The first-order chi connectivity index (χ1) is 3.13. The molecule has 0 radical (unpaired) electrons. The van der Waals surface area contributed by atoms with Gasteiger partial charge in [0.25, 0.3) is 0 Å². The van der Waals surface area contributed by atoms with E-state index in [1.54, 1.807) is 0 Å². The van der Waals surface area contributed by atoms with Gasteiger partial charge in [-0.05, 0) is 36.4 Å². The summed E-state index contributed by atoms with van der Waals surface area (Å²) in [5.41, 5.74) is 0. The summed E-state index contributed by atoms with van der Waals surface area (Å²) in [7, 11) is 0. The Kier molecular flexibility index (Phi) is 7.88. The molecule has 0 bridgehead atoms. The van der Waals surface area contributed by atoms with Crippen molar-refractivity contribution >= 4 is 23.2 Å². The van der Waals surface area contributed by atoms with Crippen molar-refractivity contribution in [2.75, 3.05) is 0 Å². The minimum Gasteiger partial charge on any atom is -1.00 e. The van der Waals surface area contributed by atoms with Crippen LogP contribution in [-0.2, 0) is 4.74 Å². The minimum atomic E-state index is 0. The molecule has 4 heteroatoms. The molecule has 8 heavy (non-hydrogen) atoms. The molecule has 0 aromatic rings. The molecule has 0 spiro atoms. The average Bonchev–Trinajstić information content (AvgIpc) is 1.27. The van der Waals surface area contributed by atoms with E-state index in [0.29, 0.717) is 0 Å². The van der Waals surface area contributed by atoms with Crippen molar-refractivity contribution in [3.8, 4) is 0 Å². The van der Waals surface area contributed by atoms with Crippen LogP contribution in [0.2, 0.25) is 0 Å². The second-order valence-electron chi connectivity index (χ2n) is 0.812. The molecule has 0 unspecified atom stereocenters. The van der Waals surface area contributed by atoms with Crippen LogP contribution in [0, 0.1) is 0 Å². The predicted molar refractivity (Wildman–Crippen MR) is 32.2 cm³/mol. The first-order valence-electron chi connectivity index (χ1n) is 1.49. The van der Waals surface area contributed by atoms with E-state index in [1.807, 2.05) is 0 Å². The smallest absolute Gasteiger partial charge is 1.00 e. The molecule has 0 aromatic carbocycles. The molecule has 0 aliphatic heterocycles. The van der Waals surface area contributed by atoms with Crippen LogP contribution < -0.4 is 18.9 Å². The molecule has 0 amide bonds. The zero-order valence-corrected chi connectivity index (χ0v) is 6.09. The molecular formula is C4H5Cl2LiO. The van der Waals surface area contributed by atoms with Gasteiger partial charge in [0, 0.05) is 0 Å². The standard InChI is InChI=1S/C4H4Cl2O.Li.H/c1-3(5)7-4(2)6;;/h1-2H2;;/q;+1;-1. The van der Waals surface area contributed by atoms with Crippen molar-refractivity contribution in [2.45, 2.75) is 0 Å². The molecule has 0 rings (SSSR count). The van der Waals surface area contributed by atoms with E-state index in [4.69, 9.17) is 23.2 Å². The van der Waals surface area contributed by atoms with E-state index in [9.17, 15) is 0 Å². The zero-order valence-electron chi connectivity index (χ0n) is 5.58. The number of hydrogen-bond acceptors (Lipinski definition) is 1. The second kappa shape index (κ2) is 5.59. The van der Waals surface area contributed by atoms with E-state index in [-0.39, 0.29) is 30.7 Å². The SMILES string of the molecule is C=C(Cl)OC(=C)Cl.[H-].[Li+]. The molecule has 0 aliphatic rings. The molecule has 42 valence electrons. The van der Waals surface area contributed by atoms with Crippen molar-refractivity contribution < 1.29 is 25.0 Å². The molecule has 1 nitrogen and oxygen atoms in total. The van der Waals surface area contributed by atoms with Gasteiger partial charge in [0.2, 0.25) is 0 Å². The molecule has 0 aliphatic carbocycles. The van der Waals surface area contributed by atoms with Crippen molar-refractivity contribution in [1.82, 2.24) is 0 Å². The van der Waals surface area contributed by atoms with Gasteiger partial charge in [0.05, 0.1) is 0 Å². The van der Waals surface area contributed by atoms with Crippen LogP contribution >= 0.6 is 23.2 Å². The Morgan fingerprint density at radius 2 is 1.50 bits per heavy atom. The van der Waals surface area contributed by atoms with Gasteiger partial charge < -0.3 is 6.16 Å². The first-order valence-corrected chi connectivity index (χ1v) is 2.25. The van der Waals surface area contributed by atoms with Crippen LogP contribution in [-0.4, -0.2) is 0 Å². The maximum Gasteiger partial charge on any atom is 1.00 e. The van der Waals surface area contributed by atoms with Gasteiger partial charge in [-0.15, -0.1) is 0 Å². The van der Waals surface area contributed by atoms with Gasteiger partial charge in [-0.1, -0.05) is 0 Å². The van der Waals surface area contributed by atoms with Gasteiger partial charge in [0.1, 0.15) is 0 Å². The summed E-state index contributed by atoms with van der Waals surface area (Å²) < 4.78 is 4.39. The minimum absolute atomic E-state index is 0. The van der Waals surface area contributed by atoms with Crippen molar-refractivity contribution in [3.63, 3.8) is 0 Å². The Balaban J connectivity index is -0.000000180. The van der Waals surface area contributed by atoms with Crippen molar-refractivity contribution in [3.05, 3.63) is 23.6 Å². The molecule has 0 heterocycles. The van der Waals surface area contributed by atoms with Crippen LogP contribution in [0.3, 0.4) is 0 Å². The zero-order chi connectivity index (χ0) is 5.86. The van der Waals surface area contributed by atoms with Gasteiger partial charge in [-0.25, -0.2) is 0 Å². The van der Waals surface area contributed by atoms with Crippen LogP contribution in [0.4, 0.5) is 0 Å². The van der Waals surface area contributed by atoms with Crippen LogP contribution in [0.1, 0.15) is 1.43 Å². The van der Waals surface area contributed by atoms with Crippen molar-refractivity contribution in [1.29, 1.82) is 0 Å². The Hall–Kier alpha value is 0.457. The van der Waals surface area contributed by atoms with Crippen LogP contribution in [0.5, 0.6) is 0 Å². The quantitative estimate of drug-likeness (QED) is 0.379. The fourth-order valence-electron chi connectivity index (χ4n) is 0.120. The van der Waals surface area contributed by atoms with E-state index in [2.05, 4.69) is 17.9 Å².